The standard InChI is InChI=1S/C29H50O2/c1-6-27(30)21-9-8-20-10-11-23-22(24(20)17-21)15-16-29(5)25(12-13-26(23)29)19(4)28(31)14-7-18(2)3/h10,18-19,21-28,30-31H,6-9,11-17H2,1-5H3/t19-,21?,22-,23+,24-,25+,26-,27?,28+,29+/m0/s1. The van der Waals surface area contributed by atoms with Gasteiger partial charge in [-0.15, -0.1) is 0 Å². The zero-order valence-corrected chi connectivity index (χ0v) is 21.0. The van der Waals surface area contributed by atoms with Gasteiger partial charge >= 0.3 is 0 Å². The van der Waals surface area contributed by atoms with Crippen LogP contribution in [0.15, 0.2) is 11.6 Å². The highest BCUT2D eigenvalue weighted by molar-refractivity contribution is 5.20. The van der Waals surface area contributed by atoms with Gasteiger partial charge in [0.1, 0.15) is 0 Å². The smallest absolute Gasteiger partial charge is 0.0568 e. The van der Waals surface area contributed by atoms with Gasteiger partial charge in [0.25, 0.3) is 0 Å². The molecule has 4 rings (SSSR count). The first-order chi connectivity index (χ1) is 14.8. The molecule has 2 nitrogen and oxygen atoms in total. The van der Waals surface area contributed by atoms with Crippen molar-refractivity contribution < 1.29 is 10.2 Å². The molecule has 2 unspecified atom stereocenters. The maximum atomic E-state index is 11.0. The van der Waals surface area contributed by atoms with Crippen molar-refractivity contribution in [1.29, 1.82) is 0 Å². The van der Waals surface area contributed by atoms with Crippen LogP contribution in [-0.4, -0.2) is 22.4 Å². The first kappa shape index (κ1) is 23.8. The van der Waals surface area contributed by atoms with Crippen LogP contribution in [-0.2, 0) is 0 Å². The number of allylic oxidation sites excluding steroid dienone is 2. The summed E-state index contributed by atoms with van der Waals surface area (Å²) in [4.78, 5) is 0. The molecule has 10 atom stereocenters. The predicted molar refractivity (Wildman–Crippen MR) is 130 cm³/mol. The zero-order valence-electron chi connectivity index (χ0n) is 21.0. The Morgan fingerprint density at radius 1 is 1.03 bits per heavy atom. The highest BCUT2D eigenvalue weighted by Gasteiger charge is 2.57. The van der Waals surface area contributed by atoms with E-state index in [1.807, 2.05) is 0 Å². The van der Waals surface area contributed by atoms with E-state index in [4.69, 9.17) is 0 Å². The third-order valence-corrected chi connectivity index (χ3v) is 10.8. The van der Waals surface area contributed by atoms with E-state index in [9.17, 15) is 10.2 Å². The summed E-state index contributed by atoms with van der Waals surface area (Å²) in [5.41, 5.74) is 2.17. The van der Waals surface area contributed by atoms with Crippen LogP contribution in [0.3, 0.4) is 0 Å². The first-order valence-corrected chi connectivity index (χ1v) is 13.8. The number of hydrogen-bond donors (Lipinski definition) is 2. The Balaban J connectivity index is 1.47. The summed E-state index contributed by atoms with van der Waals surface area (Å²) >= 11 is 0. The average Bonchev–Trinajstić information content (AvgIpc) is 3.12. The summed E-state index contributed by atoms with van der Waals surface area (Å²) in [6, 6.07) is 0. The van der Waals surface area contributed by atoms with Gasteiger partial charge in [-0.05, 0) is 123 Å². The average molecular weight is 431 g/mol. The molecule has 178 valence electrons. The molecule has 0 saturated heterocycles. The third-order valence-electron chi connectivity index (χ3n) is 10.8. The van der Waals surface area contributed by atoms with Gasteiger partial charge in [-0.2, -0.15) is 0 Å². The van der Waals surface area contributed by atoms with Gasteiger partial charge in [0.05, 0.1) is 12.2 Å². The molecular formula is C29H50O2. The lowest BCUT2D eigenvalue weighted by atomic mass is 9.50. The van der Waals surface area contributed by atoms with E-state index in [1.54, 1.807) is 5.57 Å². The van der Waals surface area contributed by atoms with Crippen LogP contribution in [0.4, 0.5) is 0 Å². The van der Waals surface area contributed by atoms with E-state index < -0.39 is 0 Å². The normalized spacial score (nSPS) is 42.9. The van der Waals surface area contributed by atoms with E-state index in [2.05, 4.69) is 40.7 Å². The largest absolute Gasteiger partial charge is 0.393 e. The second-order valence-electron chi connectivity index (χ2n) is 12.7. The Hall–Kier alpha value is -0.340. The highest BCUT2D eigenvalue weighted by Crippen LogP contribution is 2.65. The zero-order chi connectivity index (χ0) is 22.3. The Bertz CT molecular complexity index is 639. The van der Waals surface area contributed by atoms with Crippen LogP contribution >= 0.6 is 0 Å². The van der Waals surface area contributed by atoms with Crippen molar-refractivity contribution in [3.05, 3.63) is 11.6 Å². The quantitative estimate of drug-likeness (QED) is 0.427. The summed E-state index contributed by atoms with van der Waals surface area (Å²) in [6.07, 6.45) is 15.8. The number of rotatable bonds is 7. The molecule has 4 aliphatic rings. The summed E-state index contributed by atoms with van der Waals surface area (Å²) in [5.74, 6) is 5.59. The fourth-order valence-corrected chi connectivity index (χ4v) is 8.90. The summed E-state index contributed by atoms with van der Waals surface area (Å²) in [6.45, 7) is 11.6. The molecule has 3 saturated carbocycles. The number of aliphatic hydroxyl groups excluding tert-OH is 2. The summed E-state index contributed by atoms with van der Waals surface area (Å²) in [7, 11) is 0. The molecule has 4 aliphatic carbocycles. The van der Waals surface area contributed by atoms with E-state index in [0.717, 1.165) is 42.9 Å². The van der Waals surface area contributed by atoms with Gasteiger partial charge in [-0.25, -0.2) is 0 Å². The van der Waals surface area contributed by atoms with E-state index in [1.165, 1.54) is 51.4 Å². The highest BCUT2D eigenvalue weighted by atomic mass is 16.3. The molecule has 0 amide bonds. The molecule has 2 heteroatoms. The Labute approximate surface area is 192 Å². The van der Waals surface area contributed by atoms with Crippen LogP contribution in [0.1, 0.15) is 105 Å². The second kappa shape index (κ2) is 9.49. The predicted octanol–water partition coefficient (Wildman–Crippen LogP) is 7.00. The van der Waals surface area contributed by atoms with Crippen molar-refractivity contribution in [2.45, 2.75) is 117 Å². The van der Waals surface area contributed by atoms with Crippen molar-refractivity contribution >= 4 is 0 Å². The van der Waals surface area contributed by atoms with Gasteiger partial charge in [0, 0.05) is 0 Å². The van der Waals surface area contributed by atoms with Crippen molar-refractivity contribution in [1.82, 2.24) is 0 Å². The molecule has 0 aromatic heterocycles. The SMILES string of the molecule is CCC(O)C1CCC2=CC[C@@H]3[C@H](CC[C@]4(C)[C@@H]([C@H](C)[C@H](O)CCC(C)C)CC[C@@H]34)[C@H]2C1. The van der Waals surface area contributed by atoms with Crippen LogP contribution in [0.5, 0.6) is 0 Å². The van der Waals surface area contributed by atoms with Gasteiger partial charge in [0.15, 0.2) is 0 Å². The molecule has 0 aliphatic heterocycles. The second-order valence-corrected chi connectivity index (χ2v) is 12.7. The minimum Gasteiger partial charge on any atom is -0.393 e. The van der Waals surface area contributed by atoms with E-state index in [-0.39, 0.29) is 12.2 Å². The maximum Gasteiger partial charge on any atom is 0.0568 e. The van der Waals surface area contributed by atoms with Crippen molar-refractivity contribution in [2.75, 3.05) is 0 Å². The van der Waals surface area contributed by atoms with E-state index in [0.29, 0.717) is 29.1 Å². The lowest BCUT2D eigenvalue weighted by Gasteiger charge is -2.55. The number of fused-ring (bicyclic) bond motifs is 5. The summed E-state index contributed by atoms with van der Waals surface area (Å²) in [5, 5.41) is 21.5. The summed E-state index contributed by atoms with van der Waals surface area (Å²) < 4.78 is 0. The topological polar surface area (TPSA) is 40.5 Å². The van der Waals surface area contributed by atoms with Crippen LogP contribution in [0.2, 0.25) is 0 Å². The van der Waals surface area contributed by atoms with Crippen molar-refractivity contribution in [3.63, 3.8) is 0 Å². The van der Waals surface area contributed by atoms with E-state index >= 15 is 0 Å². The Kier molecular flexibility index (Phi) is 7.29. The van der Waals surface area contributed by atoms with Crippen LogP contribution in [0.25, 0.3) is 0 Å². The molecule has 0 bridgehead atoms. The monoisotopic (exact) mass is 430 g/mol. The molecule has 0 radical (unpaired) electrons. The molecule has 0 heterocycles. The Morgan fingerprint density at radius 3 is 2.52 bits per heavy atom. The van der Waals surface area contributed by atoms with Crippen LogP contribution in [0, 0.1) is 52.8 Å². The molecular weight excluding hydrogens is 380 g/mol. The molecule has 0 spiro atoms. The minimum absolute atomic E-state index is 0.0974. The molecule has 0 aromatic carbocycles. The molecule has 3 fully saturated rings. The molecule has 2 N–H and O–H groups in total. The number of aliphatic hydroxyl groups is 2. The third kappa shape index (κ3) is 4.42. The van der Waals surface area contributed by atoms with Gasteiger partial charge in [0.2, 0.25) is 0 Å². The lowest BCUT2D eigenvalue weighted by molar-refractivity contribution is -0.0499. The van der Waals surface area contributed by atoms with Gasteiger partial charge in [-0.3, -0.25) is 0 Å². The minimum atomic E-state index is -0.131. The fraction of sp³-hybridized carbons (Fsp3) is 0.931. The Morgan fingerprint density at radius 2 is 1.81 bits per heavy atom. The molecule has 0 aromatic rings. The first-order valence-electron chi connectivity index (χ1n) is 13.8. The molecule has 31 heavy (non-hydrogen) atoms. The number of hydrogen-bond acceptors (Lipinski definition) is 2. The van der Waals surface area contributed by atoms with Crippen molar-refractivity contribution in [2.24, 2.45) is 52.8 Å². The van der Waals surface area contributed by atoms with Gasteiger partial charge < -0.3 is 10.2 Å². The van der Waals surface area contributed by atoms with Gasteiger partial charge in [-0.1, -0.05) is 46.3 Å². The van der Waals surface area contributed by atoms with Crippen LogP contribution < -0.4 is 0 Å². The van der Waals surface area contributed by atoms with Crippen molar-refractivity contribution in [3.8, 4) is 0 Å². The fourth-order valence-electron chi connectivity index (χ4n) is 8.90. The lowest BCUT2D eigenvalue weighted by Crippen LogP contribution is -2.48. The maximum absolute atomic E-state index is 11.0.